The quantitative estimate of drug-likeness (QED) is 0.407. The van der Waals surface area contributed by atoms with Crippen LogP contribution in [0.4, 0.5) is 5.95 Å². The Balaban J connectivity index is 1.68. The zero-order chi connectivity index (χ0) is 21.0. The number of amides is 1. The molecule has 3 N–H and O–H groups in total. The smallest absolute Gasteiger partial charge is 0.237 e. The van der Waals surface area contributed by atoms with Crippen LogP contribution in [0.3, 0.4) is 0 Å². The van der Waals surface area contributed by atoms with E-state index >= 15 is 0 Å². The first-order valence-electron chi connectivity index (χ1n) is 7.97. The van der Waals surface area contributed by atoms with Gasteiger partial charge in [-0.25, -0.2) is 4.68 Å². The number of aromatic nitrogens is 5. The molecule has 2 aromatic heterocycles. The monoisotopic (exact) mass is 455 g/mol. The van der Waals surface area contributed by atoms with E-state index in [9.17, 15) is 4.79 Å². The average molecular weight is 456 g/mol. The van der Waals surface area contributed by atoms with Crippen molar-refractivity contribution in [3.8, 4) is 23.1 Å². The minimum absolute atomic E-state index is 0.00737. The molecule has 1 aromatic carbocycles. The van der Waals surface area contributed by atoms with Crippen molar-refractivity contribution in [2.45, 2.75) is 5.16 Å². The fourth-order valence-electron chi connectivity index (χ4n) is 2.19. The molecule has 0 unspecified atom stereocenters. The van der Waals surface area contributed by atoms with E-state index in [-0.39, 0.29) is 29.4 Å². The van der Waals surface area contributed by atoms with Crippen molar-refractivity contribution < 1.29 is 14.3 Å². The van der Waals surface area contributed by atoms with Gasteiger partial charge in [-0.1, -0.05) is 35.0 Å². The summed E-state index contributed by atoms with van der Waals surface area (Å²) in [7, 11) is 2.89. The molecule has 29 heavy (non-hydrogen) atoms. The highest BCUT2D eigenvalue weighted by Gasteiger charge is 2.17. The molecular weight excluding hydrogens is 441 g/mol. The van der Waals surface area contributed by atoms with Gasteiger partial charge in [0.25, 0.3) is 0 Å². The largest absolute Gasteiger partial charge is 0.481 e. The van der Waals surface area contributed by atoms with Gasteiger partial charge in [0.1, 0.15) is 0 Å². The number of benzene rings is 1. The van der Waals surface area contributed by atoms with Gasteiger partial charge >= 0.3 is 0 Å². The highest BCUT2D eigenvalue weighted by Crippen LogP contribution is 2.30. The molecule has 1 amide bonds. The van der Waals surface area contributed by atoms with Gasteiger partial charge in [-0.15, -0.1) is 10.2 Å². The number of hydrogen-bond acceptors (Lipinski definition) is 9. The Morgan fingerprint density at radius 3 is 2.48 bits per heavy atom. The summed E-state index contributed by atoms with van der Waals surface area (Å²) in [6, 6.07) is 6.42. The second-order valence-corrected chi connectivity index (χ2v) is 7.20. The lowest BCUT2D eigenvalue weighted by molar-refractivity contribution is -0.113. The second kappa shape index (κ2) is 9.16. The number of thioether (sulfide) groups is 1. The van der Waals surface area contributed by atoms with Crippen molar-refractivity contribution in [2.24, 2.45) is 0 Å². The molecule has 152 valence electrons. The normalized spacial score (nSPS) is 10.6. The van der Waals surface area contributed by atoms with Crippen LogP contribution in [0.15, 0.2) is 29.4 Å². The van der Waals surface area contributed by atoms with Crippen molar-refractivity contribution in [2.75, 3.05) is 31.1 Å². The van der Waals surface area contributed by atoms with Crippen LogP contribution >= 0.6 is 35.0 Å². The molecule has 2 heterocycles. The molecule has 0 fully saturated rings. The number of anilines is 1. The van der Waals surface area contributed by atoms with Crippen LogP contribution in [0, 0.1) is 0 Å². The maximum absolute atomic E-state index is 12.2. The fourth-order valence-corrected chi connectivity index (χ4v) is 3.34. The molecule has 0 aliphatic carbocycles. The predicted molar refractivity (Wildman–Crippen MR) is 110 cm³/mol. The number of nitrogens with one attached hydrogen (secondary N) is 1. The van der Waals surface area contributed by atoms with Gasteiger partial charge < -0.3 is 15.3 Å². The van der Waals surface area contributed by atoms with Gasteiger partial charge in [-0.3, -0.25) is 10.1 Å². The lowest BCUT2D eigenvalue weighted by atomic mass is 10.2. The highest BCUT2D eigenvalue weighted by molar-refractivity contribution is 7.99. The summed E-state index contributed by atoms with van der Waals surface area (Å²) < 4.78 is 11.3. The summed E-state index contributed by atoms with van der Waals surface area (Å²) in [6.07, 6.45) is 0. The Morgan fingerprint density at radius 1 is 1.17 bits per heavy atom. The first-order valence-corrected chi connectivity index (χ1v) is 9.71. The Hall–Kier alpha value is -2.76. The van der Waals surface area contributed by atoms with E-state index in [2.05, 4.69) is 25.5 Å². The van der Waals surface area contributed by atoms with Crippen molar-refractivity contribution in [1.82, 2.24) is 24.8 Å². The summed E-state index contributed by atoms with van der Waals surface area (Å²) in [5.41, 5.74) is 0.569. The molecule has 10 nitrogen and oxygen atoms in total. The van der Waals surface area contributed by atoms with E-state index in [0.717, 1.165) is 11.8 Å². The molecule has 0 aliphatic rings. The second-order valence-electron chi connectivity index (χ2n) is 5.41. The van der Waals surface area contributed by atoms with Crippen molar-refractivity contribution >= 4 is 46.8 Å². The number of hydrogen-bond donors (Lipinski definition) is 2. The Morgan fingerprint density at radius 2 is 1.86 bits per heavy atom. The lowest BCUT2D eigenvalue weighted by Gasteiger charge is -2.08. The van der Waals surface area contributed by atoms with Gasteiger partial charge in [0.2, 0.25) is 28.8 Å². The molecule has 0 saturated carbocycles. The minimum atomic E-state index is -0.376. The van der Waals surface area contributed by atoms with E-state index in [0.29, 0.717) is 26.6 Å². The predicted octanol–water partition coefficient (Wildman–Crippen LogP) is 2.50. The van der Waals surface area contributed by atoms with Crippen LogP contribution in [0.2, 0.25) is 10.0 Å². The molecule has 0 aliphatic heterocycles. The zero-order valence-corrected chi connectivity index (χ0v) is 17.5. The van der Waals surface area contributed by atoms with Crippen LogP contribution in [-0.2, 0) is 4.79 Å². The number of carbonyl (C=O) groups excluding carboxylic acids is 1. The Kier molecular flexibility index (Phi) is 6.62. The van der Waals surface area contributed by atoms with Crippen LogP contribution in [0.25, 0.3) is 11.4 Å². The van der Waals surface area contributed by atoms with Crippen LogP contribution in [-0.4, -0.2) is 50.7 Å². The van der Waals surface area contributed by atoms with Crippen LogP contribution < -0.4 is 20.6 Å². The third kappa shape index (κ3) is 5.00. The van der Waals surface area contributed by atoms with Gasteiger partial charge in [0.05, 0.1) is 31.1 Å². The first kappa shape index (κ1) is 21.0. The summed E-state index contributed by atoms with van der Waals surface area (Å²) in [6.45, 7) is 0. The number of carbonyl (C=O) groups is 1. The number of methoxy groups -OCH3 is 2. The summed E-state index contributed by atoms with van der Waals surface area (Å²) in [4.78, 5) is 20.3. The maximum Gasteiger partial charge on any atom is 0.237 e. The molecule has 0 bridgehead atoms. The van der Waals surface area contributed by atoms with E-state index in [1.807, 2.05) is 0 Å². The average Bonchev–Trinajstić information content (AvgIpc) is 3.06. The van der Waals surface area contributed by atoms with E-state index in [1.165, 1.54) is 25.0 Å². The van der Waals surface area contributed by atoms with Gasteiger partial charge in [0.15, 0.2) is 5.82 Å². The molecule has 13 heteroatoms. The molecular formula is C16H15Cl2N7O3S. The third-order valence-corrected chi connectivity index (χ3v) is 5.01. The number of nitrogens with two attached hydrogens (primary N) is 1. The Bertz CT molecular complexity index is 1030. The summed E-state index contributed by atoms with van der Waals surface area (Å²) in [5, 5.41) is 11.8. The molecule has 3 rings (SSSR count). The SMILES string of the molecule is COc1cc(OC)nc(NC(=O)CSc2nnc(-c3ccc(Cl)cc3Cl)n2N)n1. The first-order chi connectivity index (χ1) is 13.9. The summed E-state index contributed by atoms with van der Waals surface area (Å²) >= 11 is 13.2. The molecule has 0 atom stereocenters. The number of ether oxygens (including phenoxy) is 2. The maximum atomic E-state index is 12.2. The summed E-state index contributed by atoms with van der Waals surface area (Å²) in [5.74, 6) is 6.57. The van der Waals surface area contributed by atoms with Crippen molar-refractivity contribution in [3.05, 3.63) is 34.3 Å². The lowest BCUT2D eigenvalue weighted by Crippen LogP contribution is -2.18. The van der Waals surface area contributed by atoms with Crippen LogP contribution in [0.5, 0.6) is 11.8 Å². The topological polar surface area (TPSA) is 130 Å². The van der Waals surface area contributed by atoms with E-state index in [1.54, 1.807) is 18.2 Å². The van der Waals surface area contributed by atoms with Gasteiger partial charge in [0, 0.05) is 10.6 Å². The standard InChI is InChI=1S/C16H15Cl2N7O3S/c1-27-12-6-13(28-2)22-15(21-12)20-11(26)7-29-16-24-23-14(25(16)19)9-4-3-8(17)5-10(9)18/h3-6H,7,19H2,1-2H3,(H,20,21,22,26). The number of nitrogen functional groups attached to an aromatic ring is 1. The van der Waals surface area contributed by atoms with Crippen molar-refractivity contribution in [1.29, 1.82) is 0 Å². The molecule has 3 aromatic rings. The highest BCUT2D eigenvalue weighted by atomic mass is 35.5. The van der Waals surface area contributed by atoms with Crippen LogP contribution in [0.1, 0.15) is 0 Å². The molecule has 0 radical (unpaired) electrons. The molecule has 0 saturated heterocycles. The zero-order valence-electron chi connectivity index (χ0n) is 15.2. The van der Waals surface area contributed by atoms with Crippen molar-refractivity contribution in [3.63, 3.8) is 0 Å². The minimum Gasteiger partial charge on any atom is -0.481 e. The van der Waals surface area contributed by atoms with E-state index in [4.69, 9.17) is 38.5 Å². The van der Waals surface area contributed by atoms with Gasteiger partial charge in [-0.2, -0.15) is 9.97 Å². The Labute approximate surface area is 179 Å². The third-order valence-electron chi connectivity index (χ3n) is 3.52. The molecule has 0 spiro atoms. The number of nitrogens with zero attached hydrogens (tertiary/aromatic N) is 5. The fraction of sp³-hybridized carbons (Fsp3) is 0.188. The number of rotatable bonds is 7. The number of halogens is 2. The van der Waals surface area contributed by atoms with E-state index < -0.39 is 0 Å². The van der Waals surface area contributed by atoms with Gasteiger partial charge in [-0.05, 0) is 18.2 Å².